The zero-order valence-electron chi connectivity index (χ0n) is 19.3. The van der Waals surface area contributed by atoms with Crippen LogP contribution < -0.4 is 15.5 Å². The molecule has 2 rings (SSSR count). The second kappa shape index (κ2) is 13.6. The SMILES string of the molecule is C=C(C=CCO)CN(Cc1ccc(F)cc1)c1ccc(NC(=O)OCC)c(NC(=O)OCC)c1. The molecular weight excluding hydrogens is 441 g/mol. The highest BCUT2D eigenvalue weighted by Gasteiger charge is 2.15. The standard InChI is InChI=1S/C25H30FN3O5/c1-4-33-24(31)27-22-13-12-21(15-23(22)28-25(32)34-5-2)29(16-18(3)7-6-14-30)17-19-8-10-20(26)11-9-19/h6-13,15,30H,3-5,14,16-17H2,1-2H3,(H,27,31)(H,28,32). The number of ether oxygens (including phenoxy) is 2. The molecule has 9 heteroatoms. The number of nitrogens with zero attached hydrogens (tertiary/aromatic N) is 1. The molecule has 0 heterocycles. The van der Waals surface area contributed by atoms with Crippen LogP contribution in [0.3, 0.4) is 0 Å². The lowest BCUT2D eigenvalue weighted by Gasteiger charge is -2.27. The van der Waals surface area contributed by atoms with Crippen LogP contribution in [0.15, 0.2) is 66.8 Å². The molecule has 0 aliphatic heterocycles. The maximum absolute atomic E-state index is 13.4. The summed E-state index contributed by atoms with van der Waals surface area (Å²) in [5.41, 5.74) is 2.92. The van der Waals surface area contributed by atoms with E-state index in [0.717, 1.165) is 11.1 Å². The Morgan fingerprint density at radius 3 is 2.24 bits per heavy atom. The zero-order valence-corrected chi connectivity index (χ0v) is 19.3. The van der Waals surface area contributed by atoms with Gasteiger partial charge in [0.25, 0.3) is 0 Å². The maximum atomic E-state index is 13.4. The van der Waals surface area contributed by atoms with Gasteiger partial charge in [0.05, 0.1) is 31.2 Å². The van der Waals surface area contributed by atoms with Crippen LogP contribution in [-0.4, -0.2) is 43.7 Å². The van der Waals surface area contributed by atoms with Crippen LogP contribution in [0.2, 0.25) is 0 Å². The third-order valence-corrected chi connectivity index (χ3v) is 4.53. The Bertz CT molecular complexity index is 1010. The van der Waals surface area contributed by atoms with Crippen molar-refractivity contribution in [2.75, 3.05) is 41.9 Å². The molecule has 8 nitrogen and oxygen atoms in total. The molecule has 182 valence electrons. The predicted octanol–water partition coefficient (Wildman–Crippen LogP) is 5.07. The number of carbonyl (C=O) groups is 2. The molecule has 0 fully saturated rings. The van der Waals surface area contributed by atoms with Gasteiger partial charge >= 0.3 is 12.2 Å². The highest BCUT2D eigenvalue weighted by atomic mass is 19.1. The van der Waals surface area contributed by atoms with Gasteiger partial charge in [0, 0.05) is 18.8 Å². The molecule has 3 N–H and O–H groups in total. The minimum atomic E-state index is -0.674. The summed E-state index contributed by atoms with van der Waals surface area (Å²) in [5.74, 6) is -0.332. The first-order chi connectivity index (χ1) is 16.4. The molecular formula is C25H30FN3O5. The molecule has 0 aromatic heterocycles. The first kappa shape index (κ1) is 26.4. The Kier molecular flexibility index (Phi) is 10.6. The van der Waals surface area contributed by atoms with Gasteiger partial charge in [-0.3, -0.25) is 10.6 Å². The van der Waals surface area contributed by atoms with E-state index in [1.165, 1.54) is 12.1 Å². The van der Waals surface area contributed by atoms with Crippen molar-refractivity contribution >= 4 is 29.2 Å². The number of hydrogen-bond donors (Lipinski definition) is 3. The van der Waals surface area contributed by atoms with Crippen molar-refractivity contribution in [3.63, 3.8) is 0 Å². The van der Waals surface area contributed by atoms with Crippen LogP contribution in [0.5, 0.6) is 0 Å². The second-order valence-corrected chi connectivity index (χ2v) is 7.15. The number of aliphatic hydroxyl groups is 1. The molecule has 0 saturated heterocycles. The number of amides is 2. The van der Waals surface area contributed by atoms with E-state index in [1.54, 1.807) is 56.3 Å². The average Bonchev–Trinajstić information content (AvgIpc) is 2.80. The molecule has 0 atom stereocenters. The van der Waals surface area contributed by atoms with Crippen LogP contribution >= 0.6 is 0 Å². The van der Waals surface area contributed by atoms with E-state index in [0.29, 0.717) is 30.2 Å². The van der Waals surface area contributed by atoms with Crippen LogP contribution in [0.25, 0.3) is 0 Å². The molecule has 0 aliphatic rings. The monoisotopic (exact) mass is 471 g/mol. The number of anilines is 3. The summed E-state index contributed by atoms with van der Waals surface area (Å²) in [7, 11) is 0. The van der Waals surface area contributed by atoms with E-state index in [9.17, 15) is 14.0 Å². The smallest absolute Gasteiger partial charge is 0.411 e. The fourth-order valence-electron chi connectivity index (χ4n) is 3.06. The lowest BCUT2D eigenvalue weighted by atomic mass is 10.1. The number of aliphatic hydroxyl groups excluding tert-OH is 1. The Labute approximate surface area is 198 Å². The van der Waals surface area contributed by atoms with E-state index < -0.39 is 12.2 Å². The van der Waals surface area contributed by atoms with E-state index in [4.69, 9.17) is 14.6 Å². The Hall–Kier alpha value is -3.85. The number of benzene rings is 2. The quantitative estimate of drug-likeness (QED) is 0.396. The zero-order chi connectivity index (χ0) is 24.9. The number of hydrogen-bond acceptors (Lipinski definition) is 6. The van der Waals surface area contributed by atoms with Gasteiger partial charge in [0.1, 0.15) is 5.82 Å². The Morgan fingerprint density at radius 2 is 1.65 bits per heavy atom. The summed E-state index contributed by atoms with van der Waals surface area (Å²) < 4.78 is 23.3. The number of carbonyl (C=O) groups excluding carboxylic acids is 2. The van der Waals surface area contributed by atoms with Gasteiger partial charge < -0.3 is 19.5 Å². The van der Waals surface area contributed by atoms with Crippen molar-refractivity contribution in [2.24, 2.45) is 0 Å². The molecule has 2 aromatic rings. The summed E-state index contributed by atoms with van der Waals surface area (Å²) in [6.07, 6.45) is 1.96. The average molecular weight is 472 g/mol. The number of rotatable bonds is 11. The molecule has 2 amide bonds. The van der Waals surface area contributed by atoms with Crippen LogP contribution in [0.4, 0.5) is 31.0 Å². The second-order valence-electron chi connectivity index (χ2n) is 7.15. The number of nitrogens with one attached hydrogen (secondary N) is 2. The molecule has 2 aromatic carbocycles. The fourth-order valence-corrected chi connectivity index (χ4v) is 3.06. The normalized spacial score (nSPS) is 10.6. The summed E-state index contributed by atoms with van der Waals surface area (Å²) >= 11 is 0. The molecule has 0 bridgehead atoms. The minimum Gasteiger partial charge on any atom is -0.450 e. The van der Waals surface area contributed by atoms with E-state index in [-0.39, 0.29) is 25.6 Å². The van der Waals surface area contributed by atoms with Gasteiger partial charge in [0.15, 0.2) is 0 Å². The summed E-state index contributed by atoms with van der Waals surface area (Å²) in [5, 5.41) is 14.3. The number of halogens is 1. The third kappa shape index (κ3) is 8.59. The van der Waals surface area contributed by atoms with Gasteiger partial charge in [-0.15, -0.1) is 0 Å². The fraction of sp³-hybridized carbons (Fsp3) is 0.280. The lowest BCUT2D eigenvalue weighted by Crippen LogP contribution is -2.25. The first-order valence-corrected chi connectivity index (χ1v) is 10.8. The van der Waals surface area contributed by atoms with Gasteiger partial charge in [-0.1, -0.05) is 30.9 Å². The molecule has 34 heavy (non-hydrogen) atoms. The van der Waals surface area contributed by atoms with Crippen LogP contribution in [0.1, 0.15) is 19.4 Å². The topological polar surface area (TPSA) is 100 Å². The van der Waals surface area contributed by atoms with Gasteiger partial charge in [-0.25, -0.2) is 14.0 Å². The molecule has 0 saturated carbocycles. The van der Waals surface area contributed by atoms with Gasteiger partial charge in [0.2, 0.25) is 0 Å². The van der Waals surface area contributed by atoms with E-state index in [2.05, 4.69) is 17.2 Å². The van der Waals surface area contributed by atoms with E-state index in [1.807, 2.05) is 4.90 Å². The molecule has 0 radical (unpaired) electrons. The molecule has 0 spiro atoms. The van der Waals surface area contributed by atoms with Crippen LogP contribution in [0, 0.1) is 5.82 Å². The first-order valence-electron chi connectivity index (χ1n) is 10.8. The summed E-state index contributed by atoms with van der Waals surface area (Å²) in [6.45, 7) is 8.45. The highest BCUT2D eigenvalue weighted by molar-refractivity contribution is 5.96. The highest BCUT2D eigenvalue weighted by Crippen LogP contribution is 2.30. The summed E-state index contributed by atoms with van der Waals surface area (Å²) in [6, 6.07) is 11.2. The van der Waals surface area contributed by atoms with Crippen molar-refractivity contribution in [3.8, 4) is 0 Å². The minimum absolute atomic E-state index is 0.112. The van der Waals surface area contributed by atoms with Crippen molar-refractivity contribution in [1.82, 2.24) is 0 Å². The van der Waals surface area contributed by atoms with E-state index >= 15 is 0 Å². The predicted molar refractivity (Wildman–Crippen MR) is 131 cm³/mol. The Morgan fingerprint density at radius 1 is 1.03 bits per heavy atom. The van der Waals surface area contributed by atoms with Crippen molar-refractivity contribution in [1.29, 1.82) is 0 Å². The van der Waals surface area contributed by atoms with Crippen molar-refractivity contribution in [3.05, 3.63) is 78.1 Å². The van der Waals surface area contributed by atoms with Gasteiger partial charge in [-0.05, 0) is 55.3 Å². The Balaban J connectivity index is 2.41. The largest absolute Gasteiger partial charge is 0.450 e. The van der Waals surface area contributed by atoms with Crippen LogP contribution in [-0.2, 0) is 16.0 Å². The third-order valence-electron chi connectivity index (χ3n) is 4.53. The van der Waals surface area contributed by atoms with Crippen molar-refractivity contribution in [2.45, 2.75) is 20.4 Å². The lowest BCUT2D eigenvalue weighted by molar-refractivity contribution is 0.166. The van der Waals surface area contributed by atoms with Crippen molar-refractivity contribution < 1.29 is 28.6 Å². The summed E-state index contributed by atoms with van der Waals surface area (Å²) in [4.78, 5) is 26.0. The molecule has 0 aliphatic carbocycles. The molecule has 0 unspecified atom stereocenters. The maximum Gasteiger partial charge on any atom is 0.411 e. The van der Waals surface area contributed by atoms with Gasteiger partial charge in [-0.2, -0.15) is 0 Å².